The van der Waals surface area contributed by atoms with Crippen molar-refractivity contribution in [2.24, 2.45) is 16.7 Å². The molecule has 0 bridgehead atoms. The van der Waals surface area contributed by atoms with Crippen LogP contribution in [0, 0.1) is 16.7 Å². The van der Waals surface area contributed by atoms with Gasteiger partial charge in [0.1, 0.15) is 0 Å². The lowest BCUT2D eigenvalue weighted by atomic mass is 9.58. The third kappa shape index (κ3) is 4.99. The van der Waals surface area contributed by atoms with Crippen LogP contribution in [0.3, 0.4) is 0 Å². The molecule has 0 atom stereocenters. The van der Waals surface area contributed by atoms with E-state index in [1.54, 1.807) is 0 Å². The Morgan fingerprint density at radius 2 is 1.41 bits per heavy atom. The van der Waals surface area contributed by atoms with Gasteiger partial charge in [0.05, 0.1) is 5.60 Å². The molecule has 1 fully saturated rings. The van der Waals surface area contributed by atoms with Gasteiger partial charge in [0.2, 0.25) is 0 Å². The molecule has 1 aliphatic rings. The summed E-state index contributed by atoms with van der Waals surface area (Å²) < 4.78 is 0. The molecule has 0 amide bonds. The Balaban J connectivity index is 2.61. The van der Waals surface area contributed by atoms with Gasteiger partial charge >= 0.3 is 0 Å². The highest BCUT2D eigenvalue weighted by Crippen LogP contribution is 2.51. The second-order valence-electron chi connectivity index (χ2n) is 8.37. The van der Waals surface area contributed by atoms with Crippen LogP contribution in [0.25, 0.3) is 0 Å². The molecule has 0 radical (unpaired) electrons. The van der Waals surface area contributed by atoms with Crippen LogP contribution in [0.5, 0.6) is 0 Å². The predicted molar refractivity (Wildman–Crippen MR) is 75.1 cm³/mol. The maximum atomic E-state index is 10.9. The lowest BCUT2D eigenvalue weighted by Gasteiger charge is -2.49. The Kier molecular flexibility index (Phi) is 4.34. The van der Waals surface area contributed by atoms with Gasteiger partial charge in [0.15, 0.2) is 0 Å². The number of rotatable bonds is 4. The molecule has 102 valence electrons. The quantitative estimate of drug-likeness (QED) is 0.749. The van der Waals surface area contributed by atoms with E-state index in [1.807, 2.05) is 0 Å². The van der Waals surface area contributed by atoms with Crippen LogP contribution in [-0.4, -0.2) is 10.7 Å². The largest absolute Gasteiger partial charge is 0.390 e. The minimum Gasteiger partial charge on any atom is -0.390 e. The van der Waals surface area contributed by atoms with E-state index in [4.69, 9.17) is 0 Å². The van der Waals surface area contributed by atoms with Crippen molar-refractivity contribution < 1.29 is 5.11 Å². The molecular weight excluding hydrogens is 208 g/mol. The van der Waals surface area contributed by atoms with E-state index < -0.39 is 5.60 Å². The van der Waals surface area contributed by atoms with Crippen LogP contribution in [0.15, 0.2) is 0 Å². The highest BCUT2D eigenvalue weighted by atomic mass is 16.3. The molecule has 0 aromatic heterocycles. The van der Waals surface area contributed by atoms with Crippen LogP contribution in [-0.2, 0) is 0 Å². The summed E-state index contributed by atoms with van der Waals surface area (Å²) in [5.41, 5.74) is 0.156. The first kappa shape index (κ1) is 15.0. The normalized spacial score (nSPS) is 26.1. The van der Waals surface area contributed by atoms with Gasteiger partial charge in [-0.2, -0.15) is 0 Å². The van der Waals surface area contributed by atoms with Gasteiger partial charge in [-0.05, 0) is 42.4 Å². The molecule has 1 aliphatic carbocycles. The first-order chi connectivity index (χ1) is 7.54. The van der Waals surface area contributed by atoms with E-state index in [2.05, 4.69) is 41.5 Å². The predicted octanol–water partition coefficient (Wildman–Crippen LogP) is 4.78. The lowest BCUT2D eigenvalue weighted by Crippen LogP contribution is -2.46. The number of hydrogen-bond acceptors (Lipinski definition) is 1. The van der Waals surface area contributed by atoms with Crippen molar-refractivity contribution in [1.29, 1.82) is 0 Å². The van der Waals surface area contributed by atoms with Crippen molar-refractivity contribution in [3.63, 3.8) is 0 Å². The maximum Gasteiger partial charge on any atom is 0.0658 e. The Bertz CT molecular complexity index is 234. The van der Waals surface area contributed by atoms with E-state index in [0.717, 1.165) is 25.2 Å². The Morgan fingerprint density at radius 3 is 1.82 bits per heavy atom. The lowest BCUT2D eigenvalue weighted by molar-refractivity contribution is -0.0918. The zero-order chi connectivity index (χ0) is 13.3. The molecule has 0 unspecified atom stereocenters. The second kappa shape index (κ2) is 4.91. The summed E-state index contributed by atoms with van der Waals surface area (Å²) in [4.78, 5) is 0. The average molecular weight is 240 g/mol. The second-order valence-corrected chi connectivity index (χ2v) is 8.37. The van der Waals surface area contributed by atoms with Crippen molar-refractivity contribution in [3.05, 3.63) is 0 Å². The van der Waals surface area contributed by atoms with Crippen LogP contribution >= 0.6 is 0 Å². The minimum atomic E-state index is -0.417. The molecule has 0 heterocycles. The highest BCUT2D eigenvalue weighted by Gasteiger charge is 2.45. The highest BCUT2D eigenvalue weighted by molar-refractivity contribution is 4.97. The van der Waals surface area contributed by atoms with Gasteiger partial charge < -0.3 is 5.11 Å². The van der Waals surface area contributed by atoms with E-state index in [-0.39, 0.29) is 10.8 Å². The summed E-state index contributed by atoms with van der Waals surface area (Å²) >= 11 is 0. The van der Waals surface area contributed by atoms with Gasteiger partial charge in [-0.3, -0.25) is 0 Å². The van der Waals surface area contributed by atoms with Crippen molar-refractivity contribution in [1.82, 2.24) is 0 Å². The average Bonchev–Trinajstić information content (AvgIpc) is 1.93. The molecule has 0 aromatic rings. The molecule has 0 spiro atoms. The van der Waals surface area contributed by atoms with Crippen molar-refractivity contribution in [2.45, 2.75) is 85.7 Å². The third-order valence-electron chi connectivity index (χ3n) is 4.00. The van der Waals surface area contributed by atoms with Crippen LogP contribution in [0.1, 0.15) is 80.1 Å². The first-order valence-corrected chi connectivity index (χ1v) is 7.26. The summed E-state index contributed by atoms with van der Waals surface area (Å²) in [6.07, 6.45) is 6.57. The van der Waals surface area contributed by atoms with Gasteiger partial charge in [-0.1, -0.05) is 54.4 Å². The van der Waals surface area contributed by atoms with Gasteiger partial charge in [-0.25, -0.2) is 0 Å². The van der Waals surface area contributed by atoms with E-state index in [0.29, 0.717) is 0 Å². The molecule has 1 rings (SSSR count). The molecule has 0 saturated heterocycles. The summed E-state index contributed by atoms with van der Waals surface area (Å²) in [5.74, 6) is 0.753. The molecule has 1 saturated carbocycles. The zero-order valence-corrected chi connectivity index (χ0v) is 12.8. The summed E-state index contributed by atoms with van der Waals surface area (Å²) in [5, 5.41) is 10.9. The van der Waals surface area contributed by atoms with Crippen molar-refractivity contribution >= 4 is 0 Å². The van der Waals surface area contributed by atoms with Crippen molar-refractivity contribution in [3.8, 4) is 0 Å². The molecule has 1 heteroatoms. The van der Waals surface area contributed by atoms with Gasteiger partial charge in [0.25, 0.3) is 0 Å². The Hall–Kier alpha value is -0.0400. The standard InChI is InChI=1S/C16H32O/c1-13(2)8-7-9-16(17)11-14(3,4)10-15(5,6)12-16/h13,17H,7-12H2,1-6H3. The van der Waals surface area contributed by atoms with E-state index in [9.17, 15) is 5.11 Å². The Labute approximate surface area is 108 Å². The SMILES string of the molecule is CC(C)CCCC1(O)CC(C)(C)CC(C)(C)C1. The smallest absolute Gasteiger partial charge is 0.0658 e. The topological polar surface area (TPSA) is 20.2 Å². The van der Waals surface area contributed by atoms with E-state index in [1.165, 1.54) is 19.3 Å². The van der Waals surface area contributed by atoms with Crippen LogP contribution in [0.4, 0.5) is 0 Å². The maximum absolute atomic E-state index is 10.9. The molecule has 1 nitrogen and oxygen atoms in total. The first-order valence-electron chi connectivity index (χ1n) is 7.26. The van der Waals surface area contributed by atoms with Gasteiger partial charge in [-0.15, -0.1) is 0 Å². The number of hydrogen-bond donors (Lipinski definition) is 1. The monoisotopic (exact) mass is 240 g/mol. The summed E-state index contributed by atoms with van der Waals surface area (Å²) in [6.45, 7) is 13.8. The zero-order valence-electron chi connectivity index (χ0n) is 12.8. The fourth-order valence-electron chi connectivity index (χ4n) is 4.28. The summed E-state index contributed by atoms with van der Waals surface area (Å²) in [7, 11) is 0. The molecule has 17 heavy (non-hydrogen) atoms. The van der Waals surface area contributed by atoms with Crippen LogP contribution in [0.2, 0.25) is 0 Å². The Morgan fingerprint density at radius 1 is 0.941 bits per heavy atom. The third-order valence-corrected chi connectivity index (χ3v) is 4.00. The molecule has 1 N–H and O–H groups in total. The summed E-state index contributed by atoms with van der Waals surface area (Å²) in [6, 6.07) is 0. The van der Waals surface area contributed by atoms with Crippen molar-refractivity contribution in [2.75, 3.05) is 0 Å². The molecule has 0 aliphatic heterocycles. The molecule has 0 aromatic carbocycles. The van der Waals surface area contributed by atoms with Crippen LogP contribution < -0.4 is 0 Å². The van der Waals surface area contributed by atoms with E-state index >= 15 is 0 Å². The van der Waals surface area contributed by atoms with Gasteiger partial charge in [0, 0.05) is 0 Å². The fraction of sp³-hybridized carbons (Fsp3) is 1.00. The fourth-order valence-corrected chi connectivity index (χ4v) is 4.28. The minimum absolute atomic E-state index is 0.286. The molecular formula is C16H32O. The number of aliphatic hydroxyl groups is 1.